The molecule has 8 heteroatoms. The normalized spacial score (nSPS) is 15.7. The van der Waals surface area contributed by atoms with Gasteiger partial charge in [-0.15, -0.1) is 10.2 Å². The number of benzene rings is 1. The second-order valence-corrected chi connectivity index (χ2v) is 6.49. The van der Waals surface area contributed by atoms with Gasteiger partial charge in [0, 0.05) is 37.7 Å². The fourth-order valence-electron chi connectivity index (χ4n) is 3.41. The van der Waals surface area contributed by atoms with E-state index in [1.54, 1.807) is 12.4 Å². The fraction of sp³-hybridized carbons (Fsp3) is 0.500. The number of nitro groups is 1. The Morgan fingerprint density at radius 3 is 2.67 bits per heavy atom. The van der Waals surface area contributed by atoms with E-state index < -0.39 is 4.92 Å². The molecule has 3 rings (SSSR count). The Balaban J connectivity index is 1.77. The van der Waals surface area contributed by atoms with Gasteiger partial charge in [-0.2, -0.15) is 0 Å². The summed E-state index contributed by atoms with van der Waals surface area (Å²) in [5, 5.41) is 19.7. The number of nitrogens with zero attached hydrogens (tertiary/aromatic N) is 5. The molecule has 0 bridgehead atoms. The quantitative estimate of drug-likeness (QED) is 0.623. The molecule has 2 aromatic rings. The van der Waals surface area contributed by atoms with Crippen LogP contribution in [0, 0.1) is 17.0 Å². The number of non-ortho nitro benzene ring substituents is 1. The van der Waals surface area contributed by atoms with Crippen molar-refractivity contribution in [3.63, 3.8) is 0 Å². The van der Waals surface area contributed by atoms with E-state index in [2.05, 4.69) is 26.6 Å². The zero-order valence-corrected chi connectivity index (χ0v) is 14.5. The van der Waals surface area contributed by atoms with E-state index in [1.165, 1.54) is 6.07 Å². The van der Waals surface area contributed by atoms with Crippen molar-refractivity contribution in [2.45, 2.75) is 39.2 Å². The first-order valence-electron chi connectivity index (χ1n) is 8.08. The number of anilines is 1. The standard InChI is InChI=1S/C16H20ClN5O2/c1-3-20-10-18-19-16(20)12-4-6-21(7-5-12)15-11(2)8-13(22(23)24)9-14(15)17/h8-10,12H,3-7H2,1-2H3. The Hall–Kier alpha value is -2.15. The third-order valence-corrected chi connectivity index (χ3v) is 4.90. The van der Waals surface area contributed by atoms with Gasteiger partial charge >= 0.3 is 0 Å². The summed E-state index contributed by atoms with van der Waals surface area (Å²) in [7, 11) is 0. The van der Waals surface area contributed by atoms with Gasteiger partial charge in [-0.05, 0) is 32.3 Å². The molecular formula is C16H20ClN5O2. The molecule has 24 heavy (non-hydrogen) atoms. The van der Waals surface area contributed by atoms with Crippen LogP contribution in [0.3, 0.4) is 0 Å². The van der Waals surface area contributed by atoms with Crippen LogP contribution < -0.4 is 4.90 Å². The molecule has 1 aromatic carbocycles. The number of hydrogen-bond acceptors (Lipinski definition) is 5. The van der Waals surface area contributed by atoms with Crippen LogP contribution in [0.15, 0.2) is 18.5 Å². The number of halogens is 1. The maximum atomic E-state index is 10.9. The molecule has 1 saturated heterocycles. The highest BCUT2D eigenvalue weighted by Gasteiger charge is 2.27. The molecule has 0 atom stereocenters. The van der Waals surface area contributed by atoms with E-state index in [0.29, 0.717) is 10.9 Å². The number of piperidine rings is 1. The van der Waals surface area contributed by atoms with E-state index >= 15 is 0 Å². The van der Waals surface area contributed by atoms with Crippen molar-refractivity contribution >= 4 is 23.0 Å². The second-order valence-electron chi connectivity index (χ2n) is 6.09. The number of aromatic nitrogens is 3. The van der Waals surface area contributed by atoms with Gasteiger partial charge in [0.15, 0.2) is 0 Å². The average Bonchev–Trinajstić information content (AvgIpc) is 3.03. The summed E-state index contributed by atoms with van der Waals surface area (Å²) in [6.07, 6.45) is 3.70. The maximum Gasteiger partial charge on any atom is 0.271 e. The lowest BCUT2D eigenvalue weighted by Gasteiger charge is -2.34. The SMILES string of the molecule is CCn1cnnc1C1CCN(c2c(C)cc([N+](=O)[O-])cc2Cl)CC1. The molecule has 1 aromatic heterocycles. The number of hydrogen-bond donors (Lipinski definition) is 0. The van der Waals surface area contributed by atoms with Crippen molar-refractivity contribution in [1.29, 1.82) is 0 Å². The Morgan fingerprint density at radius 1 is 1.38 bits per heavy atom. The van der Waals surface area contributed by atoms with E-state index in [1.807, 2.05) is 6.92 Å². The van der Waals surface area contributed by atoms with E-state index in [9.17, 15) is 10.1 Å². The molecule has 7 nitrogen and oxygen atoms in total. The van der Waals surface area contributed by atoms with Crippen LogP contribution in [-0.2, 0) is 6.54 Å². The molecule has 0 N–H and O–H groups in total. The van der Waals surface area contributed by atoms with E-state index in [0.717, 1.165) is 49.6 Å². The number of rotatable bonds is 4. The van der Waals surface area contributed by atoms with Gasteiger partial charge in [0.2, 0.25) is 0 Å². The van der Waals surface area contributed by atoms with Gasteiger partial charge in [0.1, 0.15) is 12.2 Å². The van der Waals surface area contributed by atoms with Crippen LogP contribution in [0.1, 0.15) is 37.1 Å². The lowest BCUT2D eigenvalue weighted by Crippen LogP contribution is -2.34. The van der Waals surface area contributed by atoms with Gasteiger partial charge in [0.05, 0.1) is 15.6 Å². The minimum absolute atomic E-state index is 0.0344. The first-order valence-corrected chi connectivity index (χ1v) is 8.46. The van der Waals surface area contributed by atoms with Crippen LogP contribution in [-0.4, -0.2) is 32.8 Å². The van der Waals surface area contributed by atoms with Gasteiger partial charge in [-0.3, -0.25) is 10.1 Å². The lowest BCUT2D eigenvalue weighted by molar-refractivity contribution is -0.384. The average molecular weight is 350 g/mol. The highest BCUT2D eigenvalue weighted by Crippen LogP contribution is 2.37. The summed E-state index contributed by atoms with van der Waals surface area (Å²) in [6, 6.07) is 3.02. The fourth-order valence-corrected chi connectivity index (χ4v) is 3.79. The predicted octanol–water partition coefficient (Wildman–Crippen LogP) is 3.55. The van der Waals surface area contributed by atoms with Crippen molar-refractivity contribution in [2.24, 2.45) is 0 Å². The van der Waals surface area contributed by atoms with E-state index in [-0.39, 0.29) is 5.69 Å². The Morgan fingerprint density at radius 2 is 2.08 bits per heavy atom. The summed E-state index contributed by atoms with van der Waals surface area (Å²) in [5.41, 5.74) is 1.77. The molecule has 0 radical (unpaired) electrons. The van der Waals surface area contributed by atoms with Crippen molar-refractivity contribution in [1.82, 2.24) is 14.8 Å². The zero-order chi connectivity index (χ0) is 17.3. The summed E-state index contributed by atoms with van der Waals surface area (Å²) in [6.45, 7) is 6.52. The third-order valence-electron chi connectivity index (χ3n) is 4.61. The van der Waals surface area contributed by atoms with Gasteiger partial charge in [-0.1, -0.05) is 11.6 Å². The first-order chi connectivity index (χ1) is 11.5. The minimum atomic E-state index is -0.410. The van der Waals surface area contributed by atoms with Crippen LogP contribution in [0.5, 0.6) is 0 Å². The Kier molecular flexibility index (Phi) is 4.71. The van der Waals surface area contributed by atoms with Crippen LogP contribution in [0.25, 0.3) is 0 Å². The van der Waals surface area contributed by atoms with Crippen molar-refractivity contribution < 1.29 is 4.92 Å². The molecular weight excluding hydrogens is 330 g/mol. The number of nitro benzene ring substituents is 1. The lowest BCUT2D eigenvalue weighted by atomic mass is 9.95. The minimum Gasteiger partial charge on any atom is -0.370 e. The topological polar surface area (TPSA) is 77.1 Å². The molecule has 0 saturated carbocycles. The molecule has 1 aliphatic heterocycles. The maximum absolute atomic E-state index is 10.9. The Bertz CT molecular complexity index is 730. The molecule has 128 valence electrons. The van der Waals surface area contributed by atoms with Crippen molar-refractivity contribution in [3.05, 3.63) is 45.0 Å². The number of aryl methyl sites for hydroxylation is 2. The van der Waals surface area contributed by atoms with Crippen LogP contribution >= 0.6 is 11.6 Å². The Labute approximate surface area is 145 Å². The van der Waals surface area contributed by atoms with Gasteiger partial charge in [-0.25, -0.2) is 0 Å². The highest BCUT2D eigenvalue weighted by atomic mass is 35.5. The molecule has 2 heterocycles. The molecule has 0 spiro atoms. The molecule has 0 unspecified atom stereocenters. The smallest absolute Gasteiger partial charge is 0.271 e. The van der Waals surface area contributed by atoms with Crippen molar-refractivity contribution in [2.75, 3.05) is 18.0 Å². The van der Waals surface area contributed by atoms with Crippen LogP contribution in [0.2, 0.25) is 5.02 Å². The monoisotopic (exact) mass is 349 g/mol. The summed E-state index contributed by atoms with van der Waals surface area (Å²) >= 11 is 6.32. The largest absolute Gasteiger partial charge is 0.370 e. The second kappa shape index (κ2) is 6.76. The third kappa shape index (κ3) is 3.08. The summed E-state index contributed by atoms with van der Waals surface area (Å²) < 4.78 is 2.09. The van der Waals surface area contributed by atoms with Crippen molar-refractivity contribution in [3.8, 4) is 0 Å². The molecule has 0 aliphatic carbocycles. The van der Waals surface area contributed by atoms with E-state index in [4.69, 9.17) is 11.6 Å². The molecule has 1 aliphatic rings. The molecule has 1 fully saturated rings. The van der Waals surface area contributed by atoms with Crippen LogP contribution in [0.4, 0.5) is 11.4 Å². The highest BCUT2D eigenvalue weighted by molar-refractivity contribution is 6.33. The zero-order valence-electron chi connectivity index (χ0n) is 13.8. The predicted molar refractivity (Wildman–Crippen MR) is 92.7 cm³/mol. The molecule has 0 amide bonds. The summed E-state index contributed by atoms with van der Waals surface area (Å²) in [5.74, 6) is 1.43. The van der Waals surface area contributed by atoms with Gasteiger partial charge < -0.3 is 9.47 Å². The van der Waals surface area contributed by atoms with Gasteiger partial charge in [0.25, 0.3) is 5.69 Å². The summed E-state index contributed by atoms with van der Waals surface area (Å²) in [4.78, 5) is 12.7. The first kappa shape index (κ1) is 16.7.